The van der Waals surface area contributed by atoms with Crippen LogP contribution in [0.2, 0.25) is 0 Å². The van der Waals surface area contributed by atoms with Crippen molar-refractivity contribution in [3.8, 4) is 0 Å². The molecule has 1 heterocycles. The van der Waals surface area contributed by atoms with Gasteiger partial charge in [-0.05, 0) is 12.5 Å². The first kappa shape index (κ1) is 19.4. The van der Waals surface area contributed by atoms with E-state index in [1.807, 2.05) is 6.92 Å². The molecule has 8 nitrogen and oxygen atoms in total. The van der Waals surface area contributed by atoms with E-state index in [9.17, 15) is 10.1 Å². The van der Waals surface area contributed by atoms with Gasteiger partial charge in [-0.2, -0.15) is 0 Å². The molecule has 0 aliphatic rings. The molecule has 0 aliphatic carbocycles. The van der Waals surface area contributed by atoms with E-state index in [1.165, 1.54) is 12.1 Å². The fourth-order valence-corrected chi connectivity index (χ4v) is 2.13. The molecule has 2 rings (SSSR count). The van der Waals surface area contributed by atoms with Crippen molar-refractivity contribution in [2.24, 2.45) is 4.99 Å². The third-order valence-corrected chi connectivity index (χ3v) is 3.61. The Kier molecular flexibility index (Phi) is 6.32. The molecular formula is C18H25N5O3. The molecule has 2 aromatic rings. The van der Waals surface area contributed by atoms with Crippen molar-refractivity contribution in [2.75, 3.05) is 6.54 Å². The summed E-state index contributed by atoms with van der Waals surface area (Å²) in [6.07, 6.45) is 1.75. The van der Waals surface area contributed by atoms with Crippen molar-refractivity contribution in [3.63, 3.8) is 0 Å². The second kappa shape index (κ2) is 8.46. The molecule has 0 atom stereocenters. The van der Waals surface area contributed by atoms with E-state index >= 15 is 0 Å². The van der Waals surface area contributed by atoms with Crippen molar-refractivity contribution in [3.05, 3.63) is 57.8 Å². The van der Waals surface area contributed by atoms with Gasteiger partial charge in [-0.15, -0.1) is 0 Å². The molecule has 1 aromatic heterocycles. The molecule has 0 saturated carbocycles. The van der Waals surface area contributed by atoms with Crippen LogP contribution in [-0.4, -0.2) is 22.4 Å². The van der Waals surface area contributed by atoms with Gasteiger partial charge in [0.25, 0.3) is 5.69 Å². The minimum Gasteiger partial charge on any atom is -0.443 e. The molecule has 0 radical (unpaired) electrons. The molecule has 0 aliphatic heterocycles. The summed E-state index contributed by atoms with van der Waals surface area (Å²) in [5.74, 6) is 2.05. The van der Waals surface area contributed by atoms with Gasteiger partial charge in [0.1, 0.15) is 5.76 Å². The van der Waals surface area contributed by atoms with Crippen LogP contribution in [0, 0.1) is 10.1 Å². The number of aromatic nitrogens is 1. The van der Waals surface area contributed by atoms with Crippen molar-refractivity contribution in [1.82, 2.24) is 15.6 Å². The molecule has 0 spiro atoms. The topological polar surface area (TPSA) is 106 Å². The van der Waals surface area contributed by atoms with Crippen molar-refractivity contribution < 1.29 is 9.34 Å². The third-order valence-electron chi connectivity index (χ3n) is 3.61. The van der Waals surface area contributed by atoms with Gasteiger partial charge in [-0.1, -0.05) is 32.9 Å². The van der Waals surface area contributed by atoms with Crippen LogP contribution in [0.3, 0.4) is 0 Å². The van der Waals surface area contributed by atoms with Crippen molar-refractivity contribution in [2.45, 2.75) is 46.2 Å². The molecule has 0 saturated heterocycles. The van der Waals surface area contributed by atoms with Crippen LogP contribution >= 0.6 is 0 Å². The minimum atomic E-state index is -0.416. The van der Waals surface area contributed by atoms with Crippen molar-refractivity contribution >= 4 is 11.6 Å². The first-order chi connectivity index (χ1) is 12.3. The maximum absolute atomic E-state index is 10.7. The van der Waals surface area contributed by atoms with Gasteiger partial charge in [0.05, 0.1) is 24.2 Å². The second-order valence-electron chi connectivity index (χ2n) is 6.84. The highest BCUT2D eigenvalue weighted by Crippen LogP contribution is 2.22. The molecule has 1 aromatic carbocycles. The average Bonchev–Trinajstić information content (AvgIpc) is 3.07. The number of non-ortho nitro benzene ring substituents is 1. The van der Waals surface area contributed by atoms with E-state index in [0.717, 1.165) is 11.3 Å². The standard InChI is InChI=1S/C18H25N5O3/c1-5-19-17(21-10-13-6-8-14(9-7-13)23(24)25)22-12-16-20-11-15(26-16)18(2,3)4/h6-9,11H,5,10,12H2,1-4H3,(H2,19,21,22). The number of benzene rings is 1. The van der Waals surface area contributed by atoms with Gasteiger partial charge in [0.2, 0.25) is 5.89 Å². The number of aliphatic imine (C=N–C) groups is 1. The zero-order chi connectivity index (χ0) is 19.2. The molecule has 0 unspecified atom stereocenters. The SMILES string of the molecule is CCNC(=NCc1ccc([N+](=O)[O-])cc1)NCc1ncc(C(C)(C)C)o1. The number of hydrogen-bond donors (Lipinski definition) is 2. The lowest BCUT2D eigenvalue weighted by atomic mass is 9.94. The minimum absolute atomic E-state index is 0.0707. The highest BCUT2D eigenvalue weighted by molar-refractivity contribution is 5.79. The second-order valence-corrected chi connectivity index (χ2v) is 6.84. The number of hydrogen-bond acceptors (Lipinski definition) is 5. The Hall–Kier alpha value is -2.90. The number of rotatable bonds is 6. The van der Waals surface area contributed by atoms with Crippen LogP contribution in [0.1, 0.15) is 44.9 Å². The van der Waals surface area contributed by atoms with E-state index in [0.29, 0.717) is 31.5 Å². The summed E-state index contributed by atoms with van der Waals surface area (Å²) in [6, 6.07) is 6.36. The van der Waals surface area contributed by atoms with Crippen LogP contribution < -0.4 is 10.6 Å². The predicted octanol–water partition coefficient (Wildman–Crippen LogP) is 3.14. The summed E-state index contributed by atoms with van der Waals surface area (Å²) in [7, 11) is 0. The van der Waals surface area contributed by atoms with Crippen LogP contribution in [0.5, 0.6) is 0 Å². The molecular weight excluding hydrogens is 334 g/mol. The van der Waals surface area contributed by atoms with Gasteiger partial charge in [-0.25, -0.2) is 9.98 Å². The number of oxazole rings is 1. The van der Waals surface area contributed by atoms with Gasteiger partial charge in [0, 0.05) is 24.1 Å². The Balaban J connectivity index is 1.98. The number of nitrogens with zero attached hydrogens (tertiary/aromatic N) is 3. The lowest BCUT2D eigenvalue weighted by molar-refractivity contribution is -0.384. The Morgan fingerprint density at radius 1 is 1.27 bits per heavy atom. The summed E-state index contributed by atoms with van der Waals surface area (Å²) in [5.41, 5.74) is 0.875. The van der Waals surface area contributed by atoms with Gasteiger partial charge in [0.15, 0.2) is 5.96 Å². The molecule has 8 heteroatoms. The Labute approximate surface area is 152 Å². The van der Waals surface area contributed by atoms with Gasteiger partial charge in [-0.3, -0.25) is 10.1 Å². The zero-order valence-corrected chi connectivity index (χ0v) is 15.6. The summed E-state index contributed by atoms with van der Waals surface area (Å²) >= 11 is 0. The molecule has 0 amide bonds. The molecule has 0 bridgehead atoms. The van der Waals surface area contributed by atoms with Crippen LogP contribution in [0.4, 0.5) is 5.69 Å². The van der Waals surface area contributed by atoms with E-state index in [2.05, 4.69) is 41.4 Å². The molecule has 2 N–H and O–H groups in total. The van der Waals surface area contributed by atoms with Crippen LogP contribution in [-0.2, 0) is 18.5 Å². The number of nitro benzene ring substituents is 1. The fourth-order valence-electron chi connectivity index (χ4n) is 2.13. The van der Waals surface area contributed by atoms with E-state index in [4.69, 9.17) is 4.42 Å². The van der Waals surface area contributed by atoms with Crippen molar-refractivity contribution in [1.29, 1.82) is 0 Å². The number of nitrogens with one attached hydrogen (secondary N) is 2. The van der Waals surface area contributed by atoms with E-state index < -0.39 is 4.92 Å². The summed E-state index contributed by atoms with van der Waals surface area (Å²) in [6.45, 7) is 9.73. The number of nitro groups is 1. The fraction of sp³-hybridized carbons (Fsp3) is 0.444. The van der Waals surface area contributed by atoms with Gasteiger partial charge < -0.3 is 15.1 Å². The lowest BCUT2D eigenvalue weighted by Crippen LogP contribution is -2.36. The van der Waals surface area contributed by atoms with E-state index in [-0.39, 0.29) is 11.1 Å². The molecule has 26 heavy (non-hydrogen) atoms. The first-order valence-corrected chi connectivity index (χ1v) is 8.50. The molecule has 0 fully saturated rings. The quantitative estimate of drug-likeness (QED) is 0.355. The predicted molar refractivity (Wildman–Crippen MR) is 100.0 cm³/mol. The summed E-state index contributed by atoms with van der Waals surface area (Å²) in [4.78, 5) is 19.0. The zero-order valence-electron chi connectivity index (χ0n) is 15.6. The summed E-state index contributed by atoms with van der Waals surface area (Å²) < 4.78 is 5.75. The Morgan fingerprint density at radius 3 is 2.50 bits per heavy atom. The van der Waals surface area contributed by atoms with Crippen LogP contribution in [0.25, 0.3) is 0 Å². The van der Waals surface area contributed by atoms with E-state index in [1.54, 1.807) is 18.3 Å². The number of guanidine groups is 1. The lowest BCUT2D eigenvalue weighted by Gasteiger charge is -2.13. The third kappa shape index (κ3) is 5.58. The monoisotopic (exact) mass is 359 g/mol. The van der Waals surface area contributed by atoms with Crippen LogP contribution in [0.15, 0.2) is 39.9 Å². The smallest absolute Gasteiger partial charge is 0.269 e. The summed E-state index contributed by atoms with van der Waals surface area (Å²) in [5, 5.41) is 17.0. The first-order valence-electron chi connectivity index (χ1n) is 8.50. The largest absolute Gasteiger partial charge is 0.443 e. The maximum Gasteiger partial charge on any atom is 0.269 e. The highest BCUT2D eigenvalue weighted by atomic mass is 16.6. The van der Waals surface area contributed by atoms with Gasteiger partial charge >= 0.3 is 0 Å². The Morgan fingerprint density at radius 2 is 1.96 bits per heavy atom. The highest BCUT2D eigenvalue weighted by Gasteiger charge is 2.19. The average molecular weight is 359 g/mol. The Bertz CT molecular complexity index is 760. The maximum atomic E-state index is 10.7. The molecule has 140 valence electrons. The normalized spacial score (nSPS) is 12.1.